The second-order valence-electron chi connectivity index (χ2n) is 5.01. The van der Waals surface area contributed by atoms with Crippen LogP contribution in [0.15, 0.2) is 18.2 Å². The smallest absolute Gasteiger partial charge is 0.339 e. The summed E-state index contributed by atoms with van der Waals surface area (Å²) in [5.74, 6) is -1.55. The number of carbonyl (C=O) groups excluding carboxylic acids is 1. The maximum absolute atomic E-state index is 12.1. The Balaban J connectivity index is 2.11. The SMILES string of the molecule is CC1CCCCN1C(=O)Nc1ccc(O)c(C(=O)O)c1. The number of aromatic carboxylic acids is 1. The van der Waals surface area contributed by atoms with Gasteiger partial charge in [0.05, 0.1) is 0 Å². The largest absolute Gasteiger partial charge is 0.507 e. The maximum atomic E-state index is 12.1. The quantitative estimate of drug-likeness (QED) is 0.725. The summed E-state index contributed by atoms with van der Waals surface area (Å²) in [5, 5.41) is 21.0. The number of aromatic hydroxyl groups is 1. The number of hydrogen-bond acceptors (Lipinski definition) is 3. The average molecular weight is 278 g/mol. The molecule has 108 valence electrons. The number of carboxylic acids is 1. The normalized spacial score (nSPS) is 18.6. The van der Waals surface area contributed by atoms with Gasteiger partial charge in [-0.3, -0.25) is 0 Å². The van der Waals surface area contributed by atoms with Crippen molar-refractivity contribution in [2.24, 2.45) is 0 Å². The van der Waals surface area contributed by atoms with E-state index in [1.807, 2.05) is 6.92 Å². The highest BCUT2D eigenvalue weighted by molar-refractivity contribution is 5.95. The van der Waals surface area contributed by atoms with E-state index in [0.29, 0.717) is 12.2 Å². The van der Waals surface area contributed by atoms with Crippen LogP contribution in [0.1, 0.15) is 36.5 Å². The third-order valence-electron chi connectivity index (χ3n) is 3.54. The van der Waals surface area contributed by atoms with Crippen molar-refractivity contribution in [3.05, 3.63) is 23.8 Å². The molecule has 1 unspecified atom stereocenters. The van der Waals surface area contributed by atoms with E-state index < -0.39 is 5.97 Å². The molecule has 1 atom stereocenters. The van der Waals surface area contributed by atoms with Crippen LogP contribution in [-0.2, 0) is 0 Å². The van der Waals surface area contributed by atoms with Gasteiger partial charge in [-0.05, 0) is 44.4 Å². The number of carboxylic acid groups (broad SMARTS) is 1. The van der Waals surface area contributed by atoms with Gasteiger partial charge in [0.25, 0.3) is 0 Å². The third-order valence-corrected chi connectivity index (χ3v) is 3.54. The number of anilines is 1. The minimum absolute atomic E-state index is 0.180. The van der Waals surface area contributed by atoms with E-state index in [2.05, 4.69) is 5.32 Å². The molecular weight excluding hydrogens is 260 g/mol. The molecule has 2 amide bonds. The first-order valence-corrected chi connectivity index (χ1v) is 6.63. The lowest BCUT2D eigenvalue weighted by molar-refractivity contribution is 0.0693. The fourth-order valence-corrected chi connectivity index (χ4v) is 2.38. The van der Waals surface area contributed by atoms with Crippen molar-refractivity contribution in [3.8, 4) is 5.75 Å². The molecule has 6 nitrogen and oxygen atoms in total. The summed E-state index contributed by atoms with van der Waals surface area (Å²) in [6, 6.07) is 3.94. The van der Waals surface area contributed by atoms with Crippen LogP contribution >= 0.6 is 0 Å². The first kappa shape index (κ1) is 14.2. The molecule has 1 aromatic rings. The predicted octanol–water partition coefficient (Wildman–Crippen LogP) is 2.50. The van der Waals surface area contributed by atoms with E-state index in [-0.39, 0.29) is 23.4 Å². The highest BCUT2D eigenvalue weighted by atomic mass is 16.4. The zero-order valence-electron chi connectivity index (χ0n) is 11.3. The summed E-state index contributed by atoms with van der Waals surface area (Å²) in [4.78, 5) is 24.8. The van der Waals surface area contributed by atoms with Crippen LogP contribution < -0.4 is 5.32 Å². The zero-order chi connectivity index (χ0) is 14.7. The molecule has 0 radical (unpaired) electrons. The van der Waals surface area contributed by atoms with Crippen LogP contribution in [0, 0.1) is 0 Å². The predicted molar refractivity (Wildman–Crippen MR) is 74.1 cm³/mol. The number of phenols is 1. The summed E-state index contributed by atoms with van der Waals surface area (Å²) in [7, 11) is 0. The lowest BCUT2D eigenvalue weighted by atomic mass is 10.0. The van der Waals surface area contributed by atoms with Crippen molar-refractivity contribution >= 4 is 17.7 Å². The third kappa shape index (κ3) is 3.01. The summed E-state index contributed by atoms with van der Waals surface area (Å²) in [6.07, 6.45) is 3.07. The summed E-state index contributed by atoms with van der Waals surface area (Å²) in [6.45, 7) is 2.70. The van der Waals surface area contributed by atoms with Crippen molar-refractivity contribution in [1.29, 1.82) is 0 Å². The summed E-state index contributed by atoms with van der Waals surface area (Å²) >= 11 is 0. The lowest BCUT2D eigenvalue weighted by Crippen LogP contribution is -2.44. The second kappa shape index (κ2) is 5.81. The Morgan fingerprint density at radius 3 is 2.75 bits per heavy atom. The van der Waals surface area contributed by atoms with Crippen molar-refractivity contribution in [3.63, 3.8) is 0 Å². The Morgan fingerprint density at radius 2 is 2.10 bits per heavy atom. The van der Waals surface area contributed by atoms with E-state index >= 15 is 0 Å². The molecule has 1 heterocycles. The number of urea groups is 1. The van der Waals surface area contributed by atoms with E-state index in [1.54, 1.807) is 4.90 Å². The molecule has 1 aliphatic heterocycles. The maximum Gasteiger partial charge on any atom is 0.339 e. The van der Waals surface area contributed by atoms with Gasteiger partial charge in [-0.15, -0.1) is 0 Å². The average Bonchev–Trinajstić information content (AvgIpc) is 2.41. The molecule has 1 aromatic carbocycles. The molecule has 0 aromatic heterocycles. The van der Waals surface area contributed by atoms with Gasteiger partial charge in [0, 0.05) is 18.3 Å². The van der Waals surface area contributed by atoms with Gasteiger partial charge in [0.1, 0.15) is 11.3 Å². The van der Waals surface area contributed by atoms with Gasteiger partial charge in [0.2, 0.25) is 0 Å². The topological polar surface area (TPSA) is 89.9 Å². The van der Waals surface area contributed by atoms with Crippen LogP contribution in [0.5, 0.6) is 5.75 Å². The Bertz CT molecular complexity index is 530. The number of hydrogen-bond donors (Lipinski definition) is 3. The minimum Gasteiger partial charge on any atom is -0.507 e. The molecule has 0 spiro atoms. The van der Waals surface area contributed by atoms with E-state index in [1.165, 1.54) is 18.2 Å². The molecule has 0 aliphatic carbocycles. The van der Waals surface area contributed by atoms with Crippen LogP contribution in [-0.4, -0.2) is 39.7 Å². The van der Waals surface area contributed by atoms with Crippen molar-refractivity contribution < 1.29 is 19.8 Å². The van der Waals surface area contributed by atoms with E-state index in [9.17, 15) is 14.7 Å². The van der Waals surface area contributed by atoms with Gasteiger partial charge in [0.15, 0.2) is 0 Å². The Kier molecular flexibility index (Phi) is 4.12. The van der Waals surface area contributed by atoms with Crippen molar-refractivity contribution in [2.75, 3.05) is 11.9 Å². The van der Waals surface area contributed by atoms with E-state index in [0.717, 1.165) is 19.3 Å². The Hall–Kier alpha value is -2.24. The number of carbonyl (C=O) groups is 2. The van der Waals surface area contributed by atoms with Crippen molar-refractivity contribution in [2.45, 2.75) is 32.2 Å². The Labute approximate surface area is 117 Å². The molecule has 6 heteroatoms. The number of nitrogens with zero attached hydrogens (tertiary/aromatic N) is 1. The molecule has 0 saturated carbocycles. The van der Waals surface area contributed by atoms with Gasteiger partial charge < -0.3 is 20.4 Å². The van der Waals surface area contributed by atoms with Gasteiger partial charge in [-0.2, -0.15) is 0 Å². The van der Waals surface area contributed by atoms with Crippen LogP contribution in [0.25, 0.3) is 0 Å². The van der Waals surface area contributed by atoms with Crippen LogP contribution in [0.3, 0.4) is 0 Å². The van der Waals surface area contributed by atoms with Gasteiger partial charge >= 0.3 is 12.0 Å². The standard InChI is InChI=1S/C14H18N2O4/c1-9-4-2-3-7-16(9)14(20)15-10-5-6-12(17)11(8-10)13(18)19/h5-6,8-9,17H,2-4,7H2,1H3,(H,15,20)(H,18,19). The number of amides is 2. The molecule has 1 saturated heterocycles. The molecular formula is C14H18N2O4. The molecule has 0 bridgehead atoms. The fourth-order valence-electron chi connectivity index (χ4n) is 2.38. The fraction of sp³-hybridized carbons (Fsp3) is 0.429. The van der Waals surface area contributed by atoms with E-state index in [4.69, 9.17) is 5.11 Å². The summed E-state index contributed by atoms with van der Waals surface area (Å²) < 4.78 is 0. The number of rotatable bonds is 2. The molecule has 2 rings (SSSR count). The molecule has 1 fully saturated rings. The first-order chi connectivity index (χ1) is 9.49. The number of benzene rings is 1. The molecule has 1 aliphatic rings. The first-order valence-electron chi connectivity index (χ1n) is 6.63. The highest BCUT2D eigenvalue weighted by Gasteiger charge is 2.23. The van der Waals surface area contributed by atoms with Gasteiger partial charge in [-0.25, -0.2) is 9.59 Å². The molecule has 3 N–H and O–H groups in total. The summed E-state index contributed by atoms with van der Waals surface area (Å²) in [5.41, 5.74) is 0.137. The lowest BCUT2D eigenvalue weighted by Gasteiger charge is -2.33. The molecule has 20 heavy (non-hydrogen) atoms. The second-order valence-corrected chi connectivity index (χ2v) is 5.01. The van der Waals surface area contributed by atoms with Crippen LogP contribution in [0.4, 0.5) is 10.5 Å². The monoisotopic (exact) mass is 278 g/mol. The van der Waals surface area contributed by atoms with Gasteiger partial charge in [-0.1, -0.05) is 0 Å². The number of piperidine rings is 1. The highest BCUT2D eigenvalue weighted by Crippen LogP contribution is 2.23. The number of likely N-dealkylation sites (tertiary alicyclic amines) is 1. The minimum atomic E-state index is -1.23. The van der Waals surface area contributed by atoms with Crippen LogP contribution in [0.2, 0.25) is 0 Å². The zero-order valence-corrected chi connectivity index (χ0v) is 11.3. The van der Waals surface area contributed by atoms with Crippen molar-refractivity contribution in [1.82, 2.24) is 4.90 Å². The number of nitrogens with one attached hydrogen (secondary N) is 1. The Morgan fingerprint density at radius 1 is 1.35 bits per heavy atom.